The van der Waals surface area contributed by atoms with Gasteiger partial charge in [-0.2, -0.15) is 0 Å². The van der Waals surface area contributed by atoms with Gasteiger partial charge in [-0.15, -0.1) is 11.3 Å². The lowest BCUT2D eigenvalue weighted by Crippen LogP contribution is -2.58. The Morgan fingerprint density at radius 2 is 1.90 bits per heavy atom. The van der Waals surface area contributed by atoms with Crippen molar-refractivity contribution < 1.29 is 0 Å². The van der Waals surface area contributed by atoms with Gasteiger partial charge in [-0.25, -0.2) is 0 Å². The van der Waals surface area contributed by atoms with E-state index in [4.69, 9.17) is 0 Å². The highest BCUT2D eigenvalue weighted by Gasteiger charge is 2.35. The number of nitrogens with zero attached hydrogens (tertiary/aromatic N) is 1. The molecule has 0 saturated carbocycles. The highest BCUT2D eigenvalue weighted by molar-refractivity contribution is 9.11. The predicted octanol–water partition coefficient (Wildman–Crippen LogP) is 4.69. The smallest absolute Gasteiger partial charge is 0.0701 e. The van der Waals surface area contributed by atoms with E-state index in [0.29, 0.717) is 6.04 Å². The first kappa shape index (κ1) is 17.5. The molecule has 120 valence electrons. The zero-order chi connectivity index (χ0) is 15.3. The summed E-state index contributed by atoms with van der Waals surface area (Å²) in [6, 6.07) is 4.94. The number of rotatable bonds is 6. The van der Waals surface area contributed by atoms with Gasteiger partial charge in [-0.1, -0.05) is 19.8 Å². The summed E-state index contributed by atoms with van der Waals surface area (Å²) in [5.74, 6) is 0. The lowest BCUT2D eigenvalue weighted by Gasteiger charge is -2.44. The number of likely N-dealkylation sites (N-methyl/N-ethyl adjacent to an activating group) is 1. The van der Waals surface area contributed by atoms with Crippen molar-refractivity contribution in [2.45, 2.75) is 64.5 Å². The van der Waals surface area contributed by atoms with Gasteiger partial charge in [0.05, 0.1) is 3.79 Å². The number of likely N-dealkylation sites (tertiary alicyclic amines) is 1. The lowest BCUT2D eigenvalue weighted by atomic mass is 9.89. The topological polar surface area (TPSA) is 15.3 Å². The van der Waals surface area contributed by atoms with Crippen LogP contribution >= 0.6 is 27.3 Å². The molecule has 2 nitrogen and oxygen atoms in total. The molecule has 1 fully saturated rings. The summed E-state index contributed by atoms with van der Waals surface area (Å²) in [6.45, 7) is 10.6. The molecule has 2 rings (SSSR count). The molecular weight excluding hydrogens is 344 g/mol. The van der Waals surface area contributed by atoms with Crippen molar-refractivity contribution in [3.05, 3.63) is 20.8 Å². The Balaban J connectivity index is 2.10. The quantitative estimate of drug-likeness (QED) is 0.779. The van der Waals surface area contributed by atoms with Crippen molar-refractivity contribution in [3.63, 3.8) is 0 Å². The molecule has 0 spiro atoms. The van der Waals surface area contributed by atoms with Crippen LogP contribution in [0.2, 0.25) is 0 Å². The maximum Gasteiger partial charge on any atom is 0.0701 e. The maximum atomic E-state index is 3.75. The molecule has 1 N–H and O–H groups in total. The molecule has 1 atom stereocenters. The Hall–Kier alpha value is 0.1000. The first-order chi connectivity index (χ1) is 10.0. The molecule has 1 aromatic heterocycles. The van der Waals surface area contributed by atoms with Crippen molar-refractivity contribution >= 4 is 27.3 Å². The van der Waals surface area contributed by atoms with Gasteiger partial charge in [0.25, 0.3) is 0 Å². The molecule has 4 heteroatoms. The van der Waals surface area contributed by atoms with Crippen molar-refractivity contribution in [1.82, 2.24) is 10.2 Å². The van der Waals surface area contributed by atoms with E-state index in [0.717, 1.165) is 13.0 Å². The molecule has 0 bridgehead atoms. The second-order valence-corrected chi connectivity index (χ2v) is 9.12. The Kier molecular flexibility index (Phi) is 6.73. The molecule has 1 aliphatic rings. The molecule has 21 heavy (non-hydrogen) atoms. The van der Waals surface area contributed by atoms with Gasteiger partial charge in [0.1, 0.15) is 0 Å². The number of hydrogen-bond acceptors (Lipinski definition) is 3. The molecule has 1 saturated heterocycles. The summed E-state index contributed by atoms with van der Waals surface area (Å²) in [5.41, 5.74) is 0.205. The number of halogens is 1. The van der Waals surface area contributed by atoms with Crippen molar-refractivity contribution in [1.29, 1.82) is 0 Å². The average molecular weight is 373 g/mol. The average Bonchev–Trinajstić information content (AvgIpc) is 2.68. The Morgan fingerprint density at radius 3 is 2.43 bits per heavy atom. The zero-order valence-corrected chi connectivity index (χ0v) is 16.0. The van der Waals surface area contributed by atoms with E-state index in [2.05, 4.69) is 59.1 Å². The molecule has 0 aliphatic carbocycles. The third-order valence-electron chi connectivity index (χ3n) is 4.76. The Morgan fingerprint density at radius 1 is 1.24 bits per heavy atom. The minimum atomic E-state index is 0.205. The summed E-state index contributed by atoms with van der Waals surface area (Å²) in [5, 5.41) is 3.75. The van der Waals surface area contributed by atoms with E-state index in [9.17, 15) is 0 Å². The Bertz CT molecular complexity index is 422. The van der Waals surface area contributed by atoms with Crippen LogP contribution in [0.1, 0.15) is 51.3 Å². The molecule has 0 radical (unpaired) electrons. The van der Waals surface area contributed by atoms with Crippen molar-refractivity contribution in [3.8, 4) is 0 Å². The highest BCUT2D eigenvalue weighted by atomic mass is 79.9. The van der Waals surface area contributed by atoms with Crippen LogP contribution in [0.25, 0.3) is 0 Å². The van der Waals surface area contributed by atoms with Gasteiger partial charge in [0.15, 0.2) is 0 Å². The highest BCUT2D eigenvalue weighted by Crippen LogP contribution is 2.29. The third-order valence-corrected chi connectivity index (χ3v) is 6.40. The van der Waals surface area contributed by atoms with E-state index in [1.807, 2.05) is 11.3 Å². The third kappa shape index (κ3) is 4.78. The molecular formula is C17H29BrN2S. The minimum absolute atomic E-state index is 0.205. The monoisotopic (exact) mass is 372 g/mol. The maximum absolute atomic E-state index is 3.75. The summed E-state index contributed by atoms with van der Waals surface area (Å²) >= 11 is 5.45. The molecule has 1 aromatic rings. The van der Waals surface area contributed by atoms with E-state index in [-0.39, 0.29) is 5.54 Å². The van der Waals surface area contributed by atoms with Crippen molar-refractivity contribution in [2.24, 2.45) is 0 Å². The molecule has 0 amide bonds. The Labute approximate surface area is 142 Å². The summed E-state index contributed by atoms with van der Waals surface area (Å²) in [4.78, 5) is 4.19. The summed E-state index contributed by atoms with van der Waals surface area (Å²) in [6.07, 6.45) is 6.62. The van der Waals surface area contributed by atoms with Gasteiger partial charge in [0, 0.05) is 16.5 Å². The van der Waals surface area contributed by atoms with Gasteiger partial charge >= 0.3 is 0 Å². The first-order valence-electron chi connectivity index (χ1n) is 8.26. The number of thiophene rings is 1. The molecule has 1 aliphatic heterocycles. The first-order valence-corrected chi connectivity index (χ1v) is 9.87. The zero-order valence-electron chi connectivity index (χ0n) is 13.6. The van der Waals surface area contributed by atoms with Crippen LogP contribution in [0.3, 0.4) is 0 Å². The normalized spacial score (nSPS) is 19.4. The molecule has 0 aromatic carbocycles. The van der Waals surface area contributed by atoms with E-state index >= 15 is 0 Å². The fraction of sp³-hybridized carbons (Fsp3) is 0.765. The van der Waals surface area contributed by atoms with Crippen LogP contribution in [-0.4, -0.2) is 36.1 Å². The second-order valence-electron chi connectivity index (χ2n) is 6.58. The fourth-order valence-electron chi connectivity index (χ4n) is 3.35. The standard InChI is InChI=1S/C17H29BrN2S/c1-4-19-15(13-14-9-10-16(18)21-14)17(2,3)20-11-7-5-6-8-12-20/h9-10,15,19H,4-8,11-13H2,1-3H3. The summed E-state index contributed by atoms with van der Waals surface area (Å²) < 4.78 is 1.24. The van der Waals surface area contributed by atoms with Gasteiger partial charge in [0.2, 0.25) is 0 Å². The van der Waals surface area contributed by atoms with Crippen LogP contribution in [0.4, 0.5) is 0 Å². The van der Waals surface area contributed by atoms with Crippen LogP contribution in [0.15, 0.2) is 15.9 Å². The SMILES string of the molecule is CCNC(Cc1ccc(Br)s1)C(C)(C)N1CCCCCC1. The van der Waals surface area contributed by atoms with Gasteiger partial charge < -0.3 is 5.32 Å². The number of nitrogens with one attached hydrogen (secondary N) is 1. The lowest BCUT2D eigenvalue weighted by molar-refractivity contribution is 0.0844. The molecule has 2 heterocycles. The minimum Gasteiger partial charge on any atom is -0.312 e. The van der Waals surface area contributed by atoms with E-state index < -0.39 is 0 Å². The van der Waals surface area contributed by atoms with E-state index in [1.54, 1.807) is 0 Å². The van der Waals surface area contributed by atoms with E-state index in [1.165, 1.54) is 47.4 Å². The molecule has 1 unspecified atom stereocenters. The van der Waals surface area contributed by atoms with Gasteiger partial charge in [-0.3, -0.25) is 4.90 Å². The number of hydrogen-bond donors (Lipinski definition) is 1. The van der Waals surface area contributed by atoms with Crippen LogP contribution in [0, 0.1) is 0 Å². The second kappa shape index (κ2) is 8.09. The fourth-order valence-corrected chi connectivity index (χ4v) is 4.88. The summed E-state index contributed by atoms with van der Waals surface area (Å²) in [7, 11) is 0. The predicted molar refractivity (Wildman–Crippen MR) is 97.3 cm³/mol. The van der Waals surface area contributed by atoms with Gasteiger partial charge in [-0.05, 0) is 80.8 Å². The van der Waals surface area contributed by atoms with Crippen LogP contribution < -0.4 is 5.32 Å². The van der Waals surface area contributed by atoms with Crippen molar-refractivity contribution in [2.75, 3.05) is 19.6 Å². The van der Waals surface area contributed by atoms with Crippen LogP contribution in [0.5, 0.6) is 0 Å². The largest absolute Gasteiger partial charge is 0.312 e. The van der Waals surface area contributed by atoms with Crippen LogP contribution in [-0.2, 0) is 6.42 Å².